The number of hydrazine groups is 1. The second kappa shape index (κ2) is 6.33. The second-order valence-corrected chi connectivity index (χ2v) is 5.77. The largest absolute Gasteiger partial charge is 0.271 e. The molecule has 0 radical (unpaired) electrons. The highest BCUT2D eigenvalue weighted by atomic mass is 79.9. The van der Waals surface area contributed by atoms with Crippen molar-refractivity contribution >= 4 is 15.9 Å². The molecule has 0 saturated carbocycles. The van der Waals surface area contributed by atoms with E-state index in [-0.39, 0.29) is 6.04 Å². The van der Waals surface area contributed by atoms with Crippen molar-refractivity contribution in [2.45, 2.75) is 26.3 Å². The Kier molecular flexibility index (Phi) is 4.75. The first-order valence-corrected chi connectivity index (χ1v) is 7.17. The zero-order valence-corrected chi connectivity index (χ0v) is 12.9. The third kappa shape index (κ3) is 3.66. The number of nitrogens with one attached hydrogen (secondary N) is 1. The highest BCUT2D eigenvalue weighted by molar-refractivity contribution is 9.10. The van der Waals surface area contributed by atoms with Crippen LogP contribution in [0.5, 0.6) is 0 Å². The highest BCUT2D eigenvalue weighted by Crippen LogP contribution is 2.24. The standard InChI is InChI=1S/C16H19BrN2/c1-11-3-6-13(7-4-11)9-16(19-18)14-8-5-12(2)15(17)10-14/h3-8,10,16,19H,9,18H2,1-2H3. The van der Waals surface area contributed by atoms with Gasteiger partial charge in [0.15, 0.2) is 0 Å². The van der Waals surface area contributed by atoms with Crippen LogP contribution >= 0.6 is 15.9 Å². The number of hydrogen-bond donors (Lipinski definition) is 2. The molecule has 2 nitrogen and oxygen atoms in total. The van der Waals surface area contributed by atoms with Gasteiger partial charge in [-0.25, -0.2) is 0 Å². The van der Waals surface area contributed by atoms with Crippen molar-refractivity contribution in [2.24, 2.45) is 5.84 Å². The molecule has 0 bridgehead atoms. The van der Waals surface area contributed by atoms with Crippen molar-refractivity contribution in [3.8, 4) is 0 Å². The van der Waals surface area contributed by atoms with Gasteiger partial charge in [-0.1, -0.05) is 57.9 Å². The minimum Gasteiger partial charge on any atom is -0.271 e. The Labute approximate surface area is 123 Å². The Morgan fingerprint density at radius 1 is 1.11 bits per heavy atom. The molecule has 2 aromatic carbocycles. The van der Waals surface area contributed by atoms with E-state index in [1.54, 1.807) is 0 Å². The lowest BCUT2D eigenvalue weighted by Crippen LogP contribution is -2.29. The van der Waals surface area contributed by atoms with Gasteiger partial charge in [-0.05, 0) is 43.0 Å². The molecule has 0 spiro atoms. The van der Waals surface area contributed by atoms with Gasteiger partial charge < -0.3 is 0 Å². The quantitative estimate of drug-likeness (QED) is 0.664. The Bertz CT molecular complexity index is 549. The van der Waals surface area contributed by atoms with Crippen LogP contribution in [0.4, 0.5) is 0 Å². The van der Waals surface area contributed by atoms with Crippen molar-refractivity contribution < 1.29 is 0 Å². The molecule has 0 aromatic heterocycles. The maximum Gasteiger partial charge on any atom is 0.0500 e. The number of rotatable bonds is 4. The van der Waals surface area contributed by atoms with Crippen LogP contribution in [0, 0.1) is 13.8 Å². The Morgan fingerprint density at radius 2 is 1.79 bits per heavy atom. The Balaban J connectivity index is 2.19. The molecule has 0 aliphatic carbocycles. The first-order valence-electron chi connectivity index (χ1n) is 6.38. The summed E-state index contributed by atoms with van der Waals surface area (Å²) < 4.78 is 1.12. The van der Waals surface area contributed by atoms with Gasteiger partial charge in [-0.2, -0.15) is 0 Å². The Morgan fingerprint density at radius 3 is 2.37 bits per heavy atom. The predicted octanol–water partition coefficient (Wildman–Crippen LogP) is 3.81. The van der Waals surface area contributed by atoms with E-state index < -0.39 is 0 Å². The monoisotopic (exact) mass is 318 g/mol. The lowest BCUT2D eigenvalue weighted by Gasteiger charge is -2.17. The van der Waals surface area contributed by atoms with Crippen LogP contribution in [0.15, 0.2) is 46.9 Å². The van der Waals surface area contributed by atoms with Gasteiger partial charge in [0.25, 0.3) is 0 Å². The van der Waals surface area contributed by atoms with E-state index in [2.05, 4.69) is 77.7 Å². The molecule has 100 valence electrons. The van der Waals surface area contributed by atoms with Crippen molar-refractivity contribution in [3.05, 3.63) is 69.2 Å². The van der Waals surface area contributed by atoms with Crippen LogP contribution in [0.25, 0.3) is 0 Å². The molecule has 0 amide bonds. The topological polar surface area (TPSA) is 38.0 Å². The van der Waals surface area contributed by atoms with Crippen LogP contribution in [-0.4, -0.2) is 0 Å². The van der Waals surface area contributed by atoms with E-state index >= 15 is 0 Å². The normalized spacial score (nSPS) is 12.4. The van der Waals surface area contributed by atoms with Crippen molar-refractivity contribution in [3.63, 3.8) is 0 Å². The highest BCUT2D eigenvalue weighted by Gasteiger charge is 2.11. The lowest BCUT2D eigenvalue weighted by molar-refractivity contribution is 0.551. The average molecular weight is 319 g/mol. The van der Waals surface area contributed by atoms with Crippen molar-refractivity contribution in [2.75, 3.05) is 0 Å². The maximum absolute atomic E-state index is 5.71. The molecule has 1 atom stereocenters. The summed E-state index contributed by atoms with van der Waals surface area (Å²) in [6.07, 6.45) is 0.881. The third-order valence-electron chi connectivity index (χ3n) is 3.36. The number of aryl methyl sites for hydroxylation is 2. The summed E-state index contributed by atoms with van der Waals surface area (Å²) in [7, 11) is 0. The van der Waals surface area contributed by atoms with E-state index in [0.717, 1.165) is 10.9 Å². The fraction of sp³-hybridized carbons (Fsp3) is 0.250. The molecular weight excluding hydrogens is 300 g/mol. The maximum atomic E-state index is 5.71. The minimum absolute atomic E-state index is 0.125. The fourth-order valence-corrected chi connectivity index (χ4v) is 2.46. The van der Waals surface area contributed by atoms with Crippen LogP contribution in [0.3, 0.4) is 0 Å². The van der Waals surface area contributed by atoms with Gasteiger partial charge in [0.05, 0.1) is 6.04 Å². The van der Waals surface area contributed by atoms with Crippen LogP contribution < -0.4 is 11.3 Å². The van der Waals surface area contributed by atoms with Crippen molar-refractivity contribution in [1.82, 2.24) is 5.43 Å². The number of halogens is 1. The predicted molar refractivity (Wildman–Crippen MR) is 83.8 cm³/mol. The first kappa shape index (κ1) is 14.3. The van der Waals surface area contributed by atoms with Gasteiger partial charge in [0, 0.05) is 4.47 Å². The summed E-state index contributed by atoms with van der Waals surface area (Å²) in [6, 6.07) is 15.1. The molecule has 2 aromatic rings. The minimum atomic E-state index is 0.125. The van der Waals surface area contributed by atoms with Crippen LogP contribution in [-0.2, 0) is 6.42 Å². The number of hydrogen-bond acceptors (Lipinski definition) is 2. The van der Waals surface area contributed by atoms with Gasteiger partial charge in [-0.3, -0.25) is 11.3 Å². The summed E-state index contributed by atoms with van der Waals surface area (Å²) >= 11 is 3.57. The third-order valence-corrected chi connectivity index (χ3v) is 4.21. The Hall–Kier alpha value is -1.16. The molecule has 19 heavy (non-hydrogen) atoms. The molecule has 0 heterocycles. The van der Waals surface area contributed by atoms with E-state index in [0.29, 0.717) is 0 Å². The van der Waals surface area contributed by atoms with Gasteiger partial charge >= 0.3 is 0 Å². The first-order chi connectivity index (χ1) is 9.10. The molecule has 2 rings (SSSR count). The summed E-state index contributed by atoms with van der Waals surface area (Å²) in [5.74, 6) is 5.71. The molecular formula is C16H19BrN2. The lowest BCUT2D eigenvalue weighted by atomic mass is 9.98. The summed E-state index contributed by atoms with van der Waals surface area (Å²) in [5, 5.41) is 0. The van der Waals surface area contributed by atoms with Crippen molar-refractivity contribution in [1.29, 1.82) is 0 Å². The zero-order valence-electron chi connectivity index (χ0n) is 11.3. The molecule has 3 heteroatoms. The smallest absolute Gasteiger partial charge is 0.0500 e. The van der Waals surface area contributed by atoms with Gasteiger partial charge in [0.2, 0.25) is 0 Å². The molecule has 3 N–H and O–H groups in total. The molecule has 0 aliphatic rings. The SMILES string of the molecule is Cc1ccc(CC(NN)c2ccc(C)c(Br)c2)cc1. The summed E-state index contributed by atoms with van der Waals surface area (Å²) in [5.41, 5.74) is 7.89. The van der Waals surface area contributed by atoms with E-state index in [4.69, 9.17) is 5.84 Å². The average Bonchev–Trinajstić information content (AvgIpc) is 2.41. The zero-order chi connectivity index (χ0) is 13.8. The molecule has 0 saturated heterocycles. The fourth-order valence-electron chi connectivity index (χ4n) is 2.06. The summed E-state index contributed by atoms with van der Waals surface area (Å²) in [6.45, 7) is 4.18. The van der Waals surface area contributed by atoms with E-state index in [1.165, 1.54) is 22.3 Å². The van der Waals surface area contributed by atoms with E-state index in [9.17, 15) is 0 Å². The van der Waals surface area contributed by atoms with Crippen LogP contribution in [0.2, 0.25) is 0 Å². The second-order valence-electron chi connectivity index (χ2n) is 4.92. The van der Waals surface area contributed by atoms with Crippen LogP contribution in [0.1, 0.15) is 28.3 Å². The molecule has 0 aliphatic heterocycles. The molecule has 1 unspecified atom stereocenters. The number of benzene rings is 2. The number of nitrogens with two attached hydrogens (primary N) is 1. The van der Waals surface area contributed by atoms with E-state index in [1.807, 2.05) is 0 Å². The molecule has 0 fully saturated rings. The summed E-state index contributed by atoms with van der Waals surface area (Å²) in [4.78, 5) is 0. The van der Waals surface area contributed by atoms with Gasteiger partial charge in [-0.15, -0.1) is 0 Å². The van der Waals surface area contributed by atoms with Gasteiger partial charge in [0.1, 0.15) is 0 Å².